The first-order chi connectivity index (χ1) is 16.5. The minimum Gasteiger partial charge on any atom is -0.363 e. The van der Waals surface area contributed by atoms with Gasteiger partial charge in [-0.15, -0.1) is 0 Å². The zero-order valence-corrected chi connectivity index (χ0v) is 21.6. The average Bonchev–Trinajstić information content (AvgIpc) is 3.39. The summed E-state index contributed by atoms with van der Waals surface area (Å²) in [6, 6.07) is 7.35. The number of ether oxygens (including phenoxy) is 1. The van der Waals surface area contributed by atoms with E-state index >= 15 is 0 Å². The second kappa shape index (κ2) is 8.99. The predicted molar refractivity (Wildman–Crippen MR) is 131 cm³/mol. The first-order valence-corrected chi connectivity index (χ1v) is 13.7. The molecule has 1 spiro atoms. The zero-order valence-electron chi connectivity index (χ0n) is 18.4. The minimum atomic E-state index is -4.69. The number of benzene rings is 2. The van der Waals surface area contributed by atoms with Crippen LogP contribution in [-0.2, 0) is 32.7 Å². The average molecular weight is 567 g/mol. The first-order valence-electron chi connectivity index (χ1n) is 10.9. The van der Waals surface area contributed by atoms with E-state index in [4.69, 9.17) is 27.9 Å². The fraction of sp³-hybridized carbons (Fsp3) is 0.435. The van der Waals surface area contributed by atoms with Crippen LogP contribution in [0.25, 0.3) is 0 Å². The summed E-state index contributed by atoms with van der Waals surface area (Å²) in [4.78, 5) is 0. The molecule has 2 unspecified atom stereocenters. The molecule has 188 valence electrons. The van der Waals surface area contributed by atoms with Crippen molar-refractivity contribution in [2.24, 2.45) is 4.40 Å². The molecule has 2 aromatic rings. The van der Waals surface area contributed by atoms with Gasteiger partial charge in [0.1, 0.15) is 5.60 Å². The van der Waals surface area contributed by atoms with E-state index in [1.807, 2.05) is 23.4 Å². The van der Waals surface area contributed by atoms with Crippen molar-refractivity contribution in [2.45, 2.75) is 42.9 Å². The quantitative estimate of drug-likeness (QED) is 0.234. The Kier molecular flexibility index (Phi) is 6.54. The van der Waals surface area contributed by atoms with Gasteiger partial charge in [-0.3, -0.25) is 0 Å². The molecular formula is C23H20Cl2F4N2O2S2. The van der Waals surface area contributed by atoms with Crippen LogP contribution >= 0.6 is 35.1 Å². The Bertz CT molecular complexity index is 1230. The van der Waals surface area contributed by atoms with Gasteiger partial charge in [-0.25, -0.2) is 17.3 Å². The molecule has 2 atom stereocenters. The number of nitrogens with zero attached hydrogens (tertiary/aromatic N) is 2. The summed E-state index contributed by atoms with van der Waals surface area (Å²) < 4.78 is 78.9. The third-order valence-electron chi connectivity index (χ3n) is 6.60. The summed E-state index contributed by atoms with van der Waals surface area (Å²) >= 11 is 12.0. The highest BCUT2D eigenvalue weighted by atomic mass is 35.5. The monoisotopic (exact) mass is 566 g/mol. The summed E-state index contributed by atoms with van der Waals surface area (Å²) in [7, 11) is -1.04. The highest BCUT2D eigenvalue weighted by Gasteiger charge is 2.60. The smallest absolute Gasteiger partial charge is 0.363 e. The summed E-state index contributed by atoms with van der Waals surface area (Å²) in [5.41, 5.74) is 1.91. The normalized spacial score (nSPS) is 24.4. The van der Waals surface area contributed by atoms with Crippen LogP contribution in [0.1, 0.15) is 42.0 Å². The molecule has 35 heavy (non-hydrogen) atoms. The van der Waals surface area contributed by atoms with Crippen molar-refractivity contribution in [3.05, 3.63) is 68.4 Å². The van der Waals surface area contributed by atoms with E-state index in [2.05, 4.69) is 4.40 Å². The lowest BCUT2D eigenvalue weighted by Gasteiger charge is -2.46. The van der Waals surface area contributed by atoms with Crippen molar-refractivity contribution in [3.63, 3.8) is 0 Å². The molecular weight excluding hydrogens is 547 g/mol. The Hall–Kier alpha value is -1.17. The van der Waals surface area contributed by atoms with Gasteiger partial charge in [-0.2, -0.15) is 13.2 Å². The SMILES string of the molecule is CCCS(=O)N1CC2(C1)OCc1cc(C3=NSC(c4cc(Cl)c(F)c(Cl)c4)(C(F)(F)F)C3)ccc12. The second-order valence-corrected chi connectivity index (χ2v) is 12.3. The van der Waals surface area contributed by atoms with E-state index in [0.717, 1.165) is 29.7 Å². The number of alkyl halides is 3. The van der Waals surface area contributed by atoms with Crippen molar-refractivity contribution in [2.75, 3.05) is 18.8 Å². The van der Waals surface area contributed by atoms with Crippen molar-refractivity contribution >= 4 is 51.8 Å². The molecule has 3 aliphatic rings. The maximum Gasteiger partial charge on any atom is 0.409 e. The number of hydrogen-bond donors (Lipinski definition) is 0. The Morgan fingerprint density at radius 2 is 1.89 bits per heavy atom. The Labute approximate surface area is 216 Å². The van der Waals surface area contributed by atoms with Crippen molar-refractivity contribution in [1.29, 1.82) is 0 Å². The first kappa shape index (κ1) is 25.5. The summed E-state index contributed by atoms with van der Waals surface area (Å²) in [5.74, 6) is -0.357. The molecule has 12 heteroatoms. The van der Waals surface area contributed by atoms with Gasteiger partial charge in [-0.1, -0.05) is 42.3 Å². The number of fused-ring (bicyclic) bond motifs is 2. The highest BCUT2D eigenvalue weighted by molar-refractivity contribution is 7.99. The third-order valence-corrected chi connectivity index (χ3v) is 9.98. The van der Waals surface area contributed by atoms with Crippen molar-refractivity contribution in [3.8, 4) is 0 Å². The number of halogens is 6. The molecule has 1 fully saturated rings. The van der Waals surface area contributed by atoms with Crippen LogP contribution in [0.15, 0.2) is 34.7 Å². The highest BCUT2D eigenvalue weighted by Crippen LogP contribution is 2.57. The van der Waals surface area contributed by atoms with Gasteiger partial charge in [0.15, 0.2) is 10.6 Å². The molecule has 0 saturated carbocycles. The van der Waals surface area contributed by atoms with E-state index < -0.39 is 49.8 Å². The molecule has 2 aromatic carbocycles. The van der Waals surface area contributed by atoms with Crippen LogP contribution in [0.3, 0.4) is 0 Å². The van der Waals surface area contributed by atoms with E-state index in [1.54, 1.807) is 6.07 Å². The van der Waals surface area contributed by atoms with Gasteiger partial charge in [0, 0.05) is 25.3 Å². The van der Waals surface area contributed by atoms with Crippen LogP contribution in [0.2, 0.25) is 10.0 Å². The maximum absolute atomic E-state index is 14.4. The van der Waals surface area contributed by atoms with Crippen LogP contribution < -0.4 is 0 Å². The molecule has 0 bridgehead atoms. The molecule has 1 saturated heterocycles. The van der Waals surface area contributed by atoms with E-state index in [1.165, 1.54) is 0 Å². The van der Waals surface area contributed by atoms with Gasteiger partial charge in [0.25, 0.3) is 0 Å². The minimum absolute atomic E-state index is 0.247. The zero-order chi connectivity index (χ0) is 25.2. The third kappa shape index (κ3) is 4.14. The number of rotatable bonds is 5. The van der Waals surface area contributed by atoms with Gasteiger partial charge >= 0.3 is 6.18 Å². The van der Waals surface area contributed by atoms with Crippen LogP contribution in [0, 0.1) is 5.82 Å². The fourth-order valence-electron chi connectivity index (χ4n) is 4.71. The standard InChI is InChI=1S/C23H20Cl2F4N2O2S2/c1-2-5-35(32)31-11-21(12-31)16-4-3-13(6-14(16)10-33-21)19-9-22(34-30-19,23(27,28)29)15-7-17(24)20(26)18(25)8-15/h3-4,6-8H,2,5,9-12H2,1H3. The second-order valence-electron chi connectivity index (χ2n) is 8.86. The Morgan fingerprint density at radius 3 is 2.51 bits per heavy atom. The lowest BCUT2D eigenvalue weighted by atomic mass is 9.85. The molecule has 4 nitrogen and oxygen atoms in total. The summed E-state index contributed by atoms with van der Waals surface area (Å²) in [5, 5.41) is -0.945. The lowest BCUT2D eigenvalue weighted by Crippen LogP contribution is -2.59. The topological polar surface area (TPSA) is 41.9 Å². The van der Waals surface area contributed by atoms with Crippen LogP contribution in [0.4, 0.5) is 17.6 Å². The number of hydrogen-bond acceptors (Lipinski definition) is 4. The van der Waals surface area contributed by atoms with Crippen LogP contribution in [0.5, 0.6) is 0 Å². The predicted octanol–water partition coefficient (Wildman–Crippen LogP) is 6.55. The fourth-order valence-corrected chi connectivity index (χ4v) is 7.47. The summed E-state index contributed by atoms with van der Waals surface area (Å²) in [6.07, 6.45) is -4.32. The molecule has 0 amide bonds. The van der Waals surface area contributed by atoms with Crippen molar-refractivity contribution in [1.82, 2.24) is 4.31 Å². The molecule has 0 radical (unpaired) electrons. The van der Waals surface area contributed by atoms with Gasteiger partial charge in [0.05, 0.1) is 33.3 Å². The molecule has 0 aliphatic carbocycles. The summed E-state index contributed by atoms with van der Waals surface area (Å²) in [6.45, 7) is 3.34. The van der Waals surface area contributed by atoms with E-state index in [0.29, 0.717) is 43.0 Å². The Morgan fingerprint density at radius 1 is 1.20 bits per heavy atom. The lowest BCUT2D eigenvalue weighted by molar-refractivity contribution is -0.159. The largest absolute Gasteiger partial charge is 0.409 e. The van der Waals surface area contributed by atoms with Crippen LogP contribution in [-0.4, -0.2) is 39.2 Å². The van der Waals surface area contributed by atoms with E-state index in [-0.39, 0.29) is 11.3 Å². The van der Waals surface area contributed by atoms with Gasteiger partial charge in [0.2, 0.25) is 0 Å². The molecule has 5 rings (SSSR count). The molecule has 3 heterocycles. The van der Waals surface area contributed by atoms with Crippen molar-refractivity contribution < 1.29 is 26.5 Å². The molecule has 0 N–H and O–H groups in total. The maximum atomic E-state index is 14.4. The van der Waals surface area contributed by atoms with Gasteiger partial charge in [-0.05, 0) is 58.8 Å². The molecule has 3 aliphatic heterocycles. The van der Waals surface area contributed by atoms with E-state index in [9.17, 15) is 21.8 Å². The Balaban J connectivity index is 1.40. The van der Waals surface area contributed by atoms with Gasteiger partial charge < -0.3 is 4.74 Å². The molecule has 0 aromatic heterocycles.